The molecule has 1 aromatic heterocycles. The molecule has 154 valence electrons. The van der Waals surface area contributed by atoms with E-state index in [1.54, 1.807) is 13.0 Å². The molecule has 2 aromatic rings. The quantitative estimate of drug-likeness (QED) is 0.437. The second-order valence-electron chi connectivity index (χ2n) is 7.48. The number of halogens is 1. The molecule has 0 aliphatic carbocycles. The maximum Gasteiger partial charge on any atom is 0.229 e. The Hall–Kier alpha value is -2.64. The van der Waals surface area contributed by atoms with Crippen LogP contribution in [0.4, 0.5) is 17.5 Å². The summed E-state index contributed by atoms with van der Waals surface area (Å²) in [6.45, 7) is 8.11. The van der Waals surface area contributed by atoms with Gasteiger partial charge in [0, 0.05) is 17.9 Å². The summed E-state index contributed by atoms with van der Waals surface area (Å²) in [5.41, 5.74) is 16.8. The Morgan fingerprint density at radius 3 is 2.79 bits per heavy atom. The van der Waals surface area contributed by atoms with Crippen LogP contribution in [0, 0.1) is 13.8 Å². The average Bonchev–Trinajstić information content (AvgIpc) is 2.67. The zero-order valence-corrected chi connectivity index (χ0v) is 17.8. The molecule has 1 atom stereocenters. The second-order valence-corrected chi connectivity index (χ2v) is 7.89. The summed E-state index contributed by atoms with van der Waals surface area (Å²) in [4.78, 5) is 12.9. The molecule has 6 N–H and O–H groups in total. The van der Waals surface area contributed by atoms with Gasteiger partial charge < -0.3 is 22.1 Å². The van der Waals surface area contributed by atoms with E-state index in [-0.39, 0.29) is 5.84 Å². The van der Waals surface area contributed by atoms with Gasteiger partial charge in [0.2, 0.25) is 5.95 Å². The minimum absolute atomic E-state index is 0.231. The number of hydrogen-bond acceptors (Lipinski definition) is 6. The highest BCUT2D eigenvalue weighted by molar-refractivity contribution is 6.32. The van der Waals surface area contributed by atoms with Crippen molar-refractivity contribution in [3.8, 4) is 0 Å². The molecule has 2 heterocycles. The van der Waals surface area contributed by atoms with E-state index in [2.05, 4.69) is 51.6 Å². The van der Waals surface area contributed by atoms with Gasteiger partial charge in [0.15, 0.2) is 5.82 Å². The molecule has 0 saturated carbocycles. The molecule has 1 saturated heterocycles. The Balaban J connectivity index is 1.85. The number of aliphatic imine (C=N–C) groups is 1. The Labute approximate surface area is 176 Å². The van der Waals surface area contributed by atoms with E-state index < -0.39 is 0 Å². The van der Waals surface area contributed by atoms with Crippen molar-refractivity contribution < 1.29 is 0 Å². The Kier molecular flexibility index (Phi) is 6.71. The van der Waals surface area contributed by atoms with Gasteiger partial charge in [-0.05, 0) is 74.9 Å². The minimum Gasteiger partial charge on any atom is -0.402 e. The summed E-state index contributed by atoms with van der Waals surface area (Å²) in [5.74, 6) is 1.49. The van der Waals surface area contributed by atoms with E-state index in [1.165, 1.54) is 30.2 Å². The van der Waals surface area contributed by atoms with Gasteiger partial charge in [-0.3, -0.25) is 0 Å². The van der Waals surface area contributed by atoms with E-state index in [9.17, 15) is 0 Å². The fraction of sp³-hybridized carbons (Fsp3) is 0.381. The molecule has 1 aromatic carbocycles. The molecule has 1 aliphatic rings. The largest absolute Gasteiger partial charge is 0.402 e. The summed E-state index contributed by atoms with van der Waals surface area (Å²) in [6, 6.07) is 4.41. The van der Waals surface area contributed by atoms with Crippen molar-refractivity contribution in [1.29, 1.82) is 0 Å². The number of nitrogens with two attached hydrogens (primary N) is 2. The summed E-state index contributed by atoms with van der Waals surface area (Å²) in [7, 11) is 0. The van der Waals surface area contributed by atoms with Crippen LogP contribution in [0.3, 0.4) is 0 Å². The Bertz CT molecular complexity index is 942. The van der Waals surface area contributed by atoms with Crippen LogP contribution >= 0.6 is 11.6 Å². The van der Waals surface area contributed by atoms with Gasteiger partial charge in [0.05, 0.1) is 6.20 Å². The first-order valence-corrected chi connectivity index (χ1v) is 10.1. The predicted molar refractivity (Wildman–Crippen MR) is 120 cm³/mol. The summed E-state index contributed by atoms with van der Waals surface area (Å²) in [5, 5.41) is 7.08. The normalized spacial score (nSPS) is 18.0. The molecule has 0 spiro atoms. The van der Waals surface area contributed by atoms with E-state index in [4.69, 9.17) is 23.1 Å². The van der Waals surface area contributed by atoms with Crippen LogP contribution in [-0.4, -0.2) is 28.9 Å². The second kappa shape index (κ2) is 9.24. The minimum atomic E-state index is 0.231. The highest BCUT2D eigenvalue weighted by Crippen LogP contribution is 2.31. The van der Waals surface area contributed by atoms with Crippen LogP contribution in [0.15, 0.2) is 35.1 Å². The number of allylic oxidation sites excluding steroid dienone is 1. The third-order valence-corrected chi connectivity index (χ3v) is 5.20. The number of benzene rings is 1. The molecule has 0 amide bonds. The van der Waals surface area contributed by atoms with Gasteiger partial charge in [0.25, 0.3) is 0 Å². The SMILES string of the molecule is C/C(N)=C/C(N)=Nc1nc(Nc2cc(C)c(C3CCCNC3)cc2C)ncc1Cl. The molecule has 1 unspecified atom stereocenters. The lowest BCUT2D eigenvalue weighted by Crippen LogP contribution is -2.28. The molecule has 8 heteroatoms. The van der Waals surface area contributed by atoms with Crippen LogP contribution in [0.2, 0.25) is 5.02 Å². The lowest BCUT2D eigenvalue weighted by Gasteiger charge is -2.25. The smallest absolute Gasteiger partial charge is 0.229 e. The highest BCUT2D eigenvalue weighted by atomic mass is 35.5. The third-order valence-electron chi connectivity index (χ3n) is 4.93. The average molecular weight is 414 g/mol. The van der Waals surface area contributed by atoms with E-state index in [0.29, 0.717) is 28.4 Å². The van der Waals surface area contributed by atoms with Gasteiger partial charge in [-0.1, -0.05) is 17.7 Å². The zero-order valence-electron chi connectivity index (χ0n) is 17.1. The van der Waals surface area contributed by atoms with Gasteiger partial charge in [-0.15, -0.1) is 0 Å². The van der Waals surface area contributed by atoms with Crippen LogP contribution in [0.5, 0.6) is 0 Å². The molecule has 1 fully saturated rings. The molecule has 7 nitrogen and oxygen atoms in total. The molecule has 1 aliphatic heterocycles. The molecule has 3 rings (SSSR count). The third kappa shape index (κ3) is 5.46. The first-order valence-electron chi connectivity index (χ1n) is 9.73. The molecule has 29 heavy (non-hydrogen) atoms. The van der Waals surface area contributed by atoms with Gasteiger partial charge in [0.1, 0.15) is 10.9 Å². The van der Waals surface area contributed by atoms with Crippen molar-refractivity contribution in [2.75, 3.05) is 18.4 Å². The topological polar surface area (TPSA) is 114 Å². The summed E-state index contributed by atoms with van der Waals surface area (Å²) < 4.78 is 0. The Morgan fingerprint density at radius 2 is 2.10 bits per heavy atom. The van der Waals surface area contributed by atoms with Crippen LogP contribution in [-0.2, 0) is 0 Å². The lowest BCUT2D eigenvalue weighted by molar-refractivity contribution is 0.460. The van der Waals surface area contributed by atoms with Gasteiger partial charge in [-0.25, -0.2) is 9.98 Å². The number of rotatable bonds is 5. The van der Waals surface area contributed by atoms with E-state index in [1.807, 2.05) is 0 Å². The molecular weight excluding hydrogens is 386 g/mol. The molecular formula is C21H28ClN7. The van der Waals surface area contributed by atoms with Crippen LogP contribution in [0.1, 0.15) is 42.4 Å². The van der Waals surface area contributed by atoms with Crippen molar-refractivity contribution in [2.45, 2.75) is 39.5 Å². The van der Waals surface area contributed by atoms with Gasteiger partial charge in [-0.2, -0.15) is 4.98 Å². The maximum absolute atomic E-state index is 6.17. The summed E-state index contributed by atoms with van der Waals surface area (Å²) >= 11 is 6.17. The number of piperidine rings is 1. The van der Waals surface area contributed by atoms with E-state index >= 15 is 0 Å². The predicted octanol–water partition coefficient (Wildman–Crippen LogP) is 3.81. The van der Waals surface area contributed by atoms with Crippen molar-refractivity contribution in [3.05, 3.63) is 51.8 Å². The fourth-order valence-corrected chi connectivity index (χ4v) is 3.67. The van der Waals surface area contributed by atoms with Crippen molar-refractivity contribution >= 4 is 34.9 Å². The Morgan fingerprint density at radius 1 is 1.31 bits per heavy atom. The zero-order chi connectivity index (χ0) is 21.0. The fourth-order valence-electron chi connectivity index (χ4n) is 3.54. The van der Waals surface area contributed by atoms with Crippen molar-refractivity contribution in [1.82, 2.24) is 15.3 Å². The monoisotopic (exact) mass is 413 g/mol. The van der Waals surface area contributed by atoms with Gasteiger partial charge >= 0.3 is 0 Å². The number of amidine groups is 1. The molecule has 0 bridgehead atoms. The van der Waals surface area contributed by atoms with E-state index in [0.717, 1.165) is 24.3 Å². The number of hydrogen-bond donors (Lipinski definition) is 4. The number of anilines is 2. The number of aryl methyl sites for hydroxylation is 2. The standard InChI is InChI=1S/C21H28ClN7/c1-12-8-18(13(2)7-16(12)15-5-4-6-25-10-15)27-21-26-11-17(22)20(29-21)28-19(24)9-14(3)23/h7-9,11,15,25H,4-6,10,23H2,1-3H3,(H3,24,26,27,28,29)/b14-9-. The van der Waals surface area contributed by atoms with Crippen LogP contribution in [0.25, 0.3) is 0 Å². The number of nitrogens with one attached hydrogen (secondary N) is 2. The van der Waals surface area contributed by atoms with Crippen molar-refractivity contribution in [3.63, 3.8) is 0 Å². The number of nitrogens with zero attached hydrogens (tertiary/aromatic N) is 3. The first kappa shape index (κ1) is 21.1. The number of aromatic nitrogens is 2. The maximum atomic E-state index is 6.17. The molecule has 0 radical (unpaired) electrons. The van der Waals surface area contributed by atoms with Crippen LogP contribution < -0.4 is 22.1 Å². The summed E-state index contributed by atoms with van der Waals surface area (Å²) in [6.07, 6.45) is 5.50. The van der Waals surface area contributed by atoms with Crippen molar-refractivity contribution in [2.24, 2.45) is 16.5 Å². The lowest BCUT2D eigenvalue weighted by atomic mass is 9.87. The first-order chi connectivity index (χ1) is 13.8. The highest BCUT2D eigenvalue weighted by Gasteiger charge is 2.18.